The second kappa shape index (κ2) is 8.23. The molecule has 0 saturated heterocycles. The van der Waals surface area contributed by atoms with Gasteiger partial charge in [0.25, 0.3) is 5.91 Å². The zero-order chi connectivity index (χ0) is 18.4. The Kier molecular flexibility index (Phi) is 6.05. The van der Waals surface area contributed by atoms with Crippen LogP contribution in [0, 0.1) is 11.6 Å². The lowest BCUT2D eigenvalue weighted by Crippen LogP contribution is -2.38. The lowest BCUT2D eigenvalue weighted by atomic mass is 10.2. The average molecular weight is 348 g/mol. The molecule has 0 unspecified atom stereocenters. The molecule has 2 amide bonds. The highest BCUT2D eigenvalue weighted by Gasteiger charge is 2.19. The number of halogens is 2. The standard InChI is InChI=1S/C18H18F2N2O3/c1-3-22(18(24)12-8-9-13(19)14(20)10-12)11-17(23)21-15-6-4-5-7-16(15)25-2/h4-10H,3,11H2,1-2H3,(H,21,23). The first kappa shape index (κ1) is 18.4. The van der Waals surface area contributed by atoms with Crippen molar-refractivity contribution in [1.29, 1.82) is 0 Å². The van der Waals surface area contributed by atoms with Gasteiger partial charge in [0.15, 0.2) is 11.6 Å². The first-order valence-electron chi connectivity index (χ1n) is 7.63. The molecule has 2 rings (SSSR count). The van der Waals surface area contributed by atoms with E-state index in [0.29, 0.717) is 11.4 Å². The molecule has 0 aromatic heterocycles. The fourth-order valence-electron chi connectivity index (χ4n) is 2.25. The first-order valence-corrected chi connectivity index (χ1v) is 7.63. The monoisotopic (exact) mass is 348 g/mol. The molecule has 0 spiro atoms. The number of hydrogen-bond acceptors (Lipinski definition) is 3. The predicted molar refractivity (Wildman–Crippen MR) is 89.6 cm³/mol. The molecular formula is C18H18F2N2O3. The van der Waals surface area contributed by atoms with Gasteiger partial charge < -0.3 is 15.0 Å². The van der Waals surface area contributed by atoms with Gasteiger partial charge in [0, 0.05) is 12.1 Å². The Hall–Kier alpha value is -2.96. The highest BCUT2D eigenvalue weighted by molar-refractivity contribution is 5.99. The molecule has 0 fully saturated rings. The van der Waals surface area contributed by atoms with Gasteiger partial charge >= 0.3 is 0 Å². The molecular weight excluding hydrogens is 330 g/mol. The maximum absolute atomic E-state index is 13.3. The number of likely N-dealkylation sites (N-methyl/N-ethyl adjacent to an activating group) is 1. The topological polar surface area (TPSA) is 58.6 Å². The highest BCUT2D eigenvalue weighted by atomic mass is 19.2. The summed E-state index contributed by atoms with van der Waals surface area (Å²) in [5, 5.41) is 2.66. The number of anilines is 1. The number of amides is 2. The fourth-order valence-corrected chi connectivity index (χ4v) is 2.25. The minimum Gasteiger partial charge on any atom is -0.495 e. The van der Waals surface area contributed by atoms with E-state index in [9.17, 15) is 18.4 Å². The third-order valence-electron chi connectivity index (χ3n) is 3.55. The van der Waals surface area contributed by atoms with E-state index in [2.05, 4.69) is 5.32 Å². The normalized spacial score (nSPS) is 10.2. The average Bonchev–Trinajstić information content (AvgIpc) is 2.61. The van der Waals surface area contributed by atoms with Crippen molar-refractivity contribution in [2.24, 2.45) is 0 Å². The maximum Gasteiger partial charge on any atom is 0.254 e. The summed E-state index contributed by atoms with van der Waals surface area (Å²) in [7, 11) is 1.48. The Bertz CT molecular complexity index is 781. The van der Waals surface area contributed by atoms with Gasteiger partial charge in [0.1, 0.15) is 12.3 Å². The summed E-state index contributed by atoms with van der Waals surface area (Å²) in [5.41, 5.74) is 0.456. The summed E-state index contributed by atoms with van der Waals surface area (Å²) in [6, 6.07) is 9.75. The molecule has 1 N–H and O–H groups in total. The van der Waals surface area contributed by atoms with Crippen molar-refractivity contribution in [3.8, 4) is 5.75 Å². The van der Waals surface area contributed by atoms with E-state index in [0.717, 1.165) is 12.1 Å². The van der Waals surface area contributed by atoms with Crippen molar-refractivity contribution >= 4 is 17.5 Å². The van der Waals surface area contributed by atoms with Crippen LogP contribution in [0.25, 0.3) is 0 Å². The van der Waals surface area contributed by atoms with Crippen LogP contribution in [0.15, 0.2) is 42.5 Å². The van der Waals surface area contributed by atoms with Gasteiger partial charge in [-0.05, 0) is 37.3 Å². The van der Waals surface area contributed by atoms with E-state index in [4.69, 9.17) is 4.74 Å². The first-order chi connectivity index (χ1) is 12.0. The number of ether oxygens (including phenoxy) is 1. The lowest BCUT2D eigenvalue weighted by molar-refractivity contribution is -0.116. The molecule has 2 aromatic carbocycles. The Morgan fingerprint density at radius 1 is 1.12 bits per heavy atom. The second-order valence-corrected chi connectivity index (χ2v) is 5.20. The van der Waals surface area contributed by atoms with Gasteiger partial charge in [-0.25, -0.2) is 8.78 Å². The lowest BCUT2D eigenvalue weighted by Gasteiger charge is -2.21. The number of benzene rings is 2. The Morgan fingerprint density at radius 3 is 2.48 bits per heavy atom. The van der Waals surface area contributed by atoms with Gasteiger partial charge in [0.2, 0.25) is 5.91 Å². The van der Waals surface area contributed by atoms with Crippen molar-refractivity contribution in [2.75, 3.05) is 25.5 Å². The van der Waals surface area contributed by atoms with Crippen LogP contribution in [-0.4, -0.2) is 36.9 Å². The second-order valence-electron chi connectivity index (χ2n) is 5.20. The highest BCUT2D eigenvalue weighted by Crippen LogP contribution is 2.23. The predicted octanol–water partition coefficient (Wildman–Crippen LogP) is 3.07. The maximum atomic E-state index is 13.3. The molecule has 0 aliphatic carbocycles. The van der Waals surface area contributed by atoms with Crippen LogP contribution in [0.3, 0.4) is 0 Å². The number of methoxy groups -OCH3 is 1. The smallest absolute Gasteiger partial charge is 0.254 e. The summed E-state index contributed by atoms with van der Waals surface area (Å²) in [6.07, 6.45) is 0. The van der Waals surface area contributed by atoms with Gasteiger partial charge in [-0.3, -0.25) is 9.59 Å². The Labute approximate surface area is 144 Å². The minimum absolute atomic E-state index is 0.0224. The SMILES string of the molecule is CCN(CC(=O)Nc1ccccc1OC)C(=O)c1ccc(F)c(F)c1. The van der Waals surface area contributed by atoms with Crippen molar-refractivity contribution < 1.29 is 23.1 Å². The summed E-state index contributed by atoms with van der Waals surface area (Å²) >= 11 is 0. The quantitative estimate of drug-likeness (QED) is 0.873. The zero-order valence-corrected chi connectivity index (χ0v) is 13.9. The van der Waals surface area contributed by atoms with Crippen LogP contribution in [0.1, 0.15) is 17.3 Å². The zero-order valence-electron chi connectivity index (χ0n) is 13.9. The van der Waals surface area contributed by atoms with Gasteiger partial charge in [-0.2, -0.15) is 0 Å². The van der Waals surface area contributed by atoms with Crippen molar-refractivity contribution in [3.63, 3.8) is 0 Å². The molecule has 0 atom stereocenters. The number of rotatable bonds is 6. The van der Waals surface area contributed by atoms with Gasteiger partial charge in [-0.15, -0.1) is 0 Å². The van der Waals surface area contributed by atoms with E-state index >= 15 is 0 Å². The molecule has 0 radical (unpaired) electrons. The molecule has 0 aliphatic heterocycles. The fraction of sp³-hybridized carbons (Fsp3) is 0.222. The van der Waals surface area contributed by atoms with E-state index in [1.807, 2.05) is 0 Å². The van der Waals surface area contributed by atoms with Crippen molar-refractivity contribution in [3.05, 3.63) is 59.7 Å². The Morgan fingerprint density at radius 2 is 1.84 bits per heavy atom. The van der Waals surface area contributed by atoms with Crippen LogP contribution in [0.5, 0.6) is 5.75 Å². The third kappa shape index (κ3) is 4.53. The number of nitrogens with zero attached hydrogens (tertiary/aromatic N) is 1. The van der Waals surface area contributed by atoms with E-state index in [1.54, 1.807) is 31.2 Å². The van der Waals surface area contributed by atoms with Crippen LogP contribution < -0.4 is 10.1 Å². The van der Waals surface area contributed by atoms with Gasteiger partial charge in [-0.1, -0.05) is 12.1 Å². The van der Waals surface area contributed by atoms with E-state index < -0.39 is 23.4 Å². The van der Waals surface area contributed by atoms with Crippen molar-refractivity contribution in [1.82, 2.24) is 4.90 Å². The molecule has 0 bridgehead atoms. The third-order valence-corrected chi connectivity index (χ3v) is 3.55. The molecule has 2 aromatic rings. The number of nitrogens with one attached hydrogen (secondary N) is 1. The minimum atomic E-state index is -1.11. The largest absolute Gasteiger partial charge is 0.495 e. The van der Waals surface area contributed by atoms with Crippen LogP contribution in [0.2, 0.25) is 0 Å². The van der Waals surface area contributed by atoms with E-state index in [-0.39, 0.29) is 18.7 Å². The molecule has 0 aliphatic rings. The summed E-state index contributed by atoms with van der Waals surface area (Å²) in [5.74, 6) is -2.64. The summed E-state index contributed by atoms with van der Waals surface area (Å²) in [6.45, 7) is 1.69. The van der Waals surface area contributed by atoms with E-state index in [1.165, 1.54) is 18.1 Å². The number of carbonyl (C=O) groups excluding carboxylic acids is 2. The van der Waals surface area contributed by atoms with Crippen LogP contribution in [-0.2, 0) is 4.79 Å². The van der Waals surface area contributed by atoms with Crippen molar-refractivity contribution in [2.45, 2.75) is 6.92 Å². The molecule has 25 heavy (non-hydrogen) atoms. The summed E-state index contributed by atoms with van der Waals surface area (Å²) < 4.78 is 31.4. The molecule has 132 valence electrons. The summed E-state index contributed by atoms with van der Waals surface area (Å²) in [4.78, 5) is 25.8. The van der Waals surface area contributed by atoms with Crippen LogP contribution in [0.4, 0.5) is 14.5 Å². The molecule has 7 heteroatoms. The number of carbonyl (C=O) groups is 2. The molecule has 0 saturated carbocycles. The Balaban J connectivity index is 2.09. The van der Waals surface area contributed by atoms with Crippen LogP contribution >= 0.6 is 0 Å². The number of para-hydroxylation sites is 2. The number of hydrogen-bond donors (Lipinski definition) is 1. The van der Waals surface area contributed by atoms with Gasteiger partial charge in [0.05, 0.1) is 12.8 Å². The molecule has 5 nitrogen and oxygen atoms in total. The molecule has 0 heterocycles.